The Bertz CT molecular complexity index is 454. The van der Waals surface area contributed by atoms with E-state index in [-0.39, 0.29) is 18.0 Å². The average Bonchev–Trinajstić information content (AvgIpc) is 2.39. The quantitative estimate of drug-likeness (QED) is 0.551. The van der Waals surface area contributed by atoms with Crippen LogP contribution in [-0.4, -0.2) is 18.0 Å². The number of nitrogens with zero attached hydrogens (tertiary/aromatic N) is 2. The van der Waals surface area contributed by atoms with Crippen LogP contribution in [0.1, 0.15) is 37.2 Å². The molecule has 1 fully saturated rings. The normalized spacial score (nSPS) is 23.9. The zero-order valence-electron chi connectivity index (χ0n) is 11.0. The summed E-state index contributed by atoms with van der Waals surface area (Å²) in [6, 6.07) is 10.9. The van der Waals surface area contributed by atoms with Gasteiger partial charge in [0.2, 0.25) is 5.96 Å². The average molecular weight is 259 g/mol. The highest BCUT2D eigenvalue weighted by Crippen LogP contribution is 2.33. The van der Waals surface area contributed by atoms with E-state index in [1.54, 1.807) is 0 Å². The van der Waals surface area contributed by atoms with Gasteiger partial charge in [-0.1, -0.05) is 30.3 Å². The number of hydrogen-bond acceptors (Lipinski definition) is 1. The number of benzene rings is 1. The predicted octanol–water partition coefficient (Wildman–Crippen LogP) is 1.30. The maximum absolute atomic E-state index is 5.65. The van der Waals surface area contributed by atoms with Gasteiger partial charge in [0.25, 0.3) is 0 Å². The summed E-state index contributed by atoms with van der Waals surface area (Å²) in [6.45, 7) is 0. The van der Waals surface area contributed by atoms with Crippen molar-refractivity contribution in [2.45, 2.75) is 37.6 Å². The van der Waals surface area contributed by atoms with Gasteiger partial charge in [-0.2, -0.15) is 4.99 Å². The van der Waals surface area contributed by atoms with Crippen LogP contribution in [0.25, 0.3) is 0 Å². The molecule has 102 valence electrons. The fourth-order valence-electron chi connectivity index (χ4n) is 2.61. The van der Waals surface area contributed by atoms with Gasteiger partial charge in [-0.3, -0.25) is 0 Å². The van der Waals surface area contributed by atoms with Gasteiger partial charge in [-0.15, -0.1) is 0 Å². The largest absolute Gasteiger partial charge is 0.370 e. The molecule has 0 heterocycles. The van der Waals surface area contributed by atoms with Gasteiger partial charge < -0.3 is 17.2 Å². The molecule has 5 heteroatoms. The molecule has 5 nitrogen and oxygen atoms in total. The minimum Gasteiger partial charge on any atom is -0.370 e. The van der Waals surface area contributed by atoms with Crippen LogP contribution >= 0.6 is 0 Å². The first-order chi connectivity index (χ1) is 9.15. The van der Waals surface area contributed by atoms with E-state index in [4.69, 9.17) is 17.2 Å². The summed E-state index contributed by atoms with van der Waals surface area (Å²) in [6.07, 6.45) is 4.32. The van der Waals surface area contributed by atoms with E-state index in [1.807, 2.05) is 0 Å². The summed E-state index contributed by atoms with van der Waals surface area (Å²) < 4.78 is 0. The van der Waals surface area contributed by atoms with Crippen LogP contribution in [-0.2, 0) is 0 Å². The van der Waals surface area contributed by atoms with Crippen molar-refractivity contribution < 1.29 is 0 Å². The Morgan fingerprint density at radius 3 is 2.16 bits per heavy atom. The van der Waals surface area contributed by atoms with E-state index in [0.29, 0.717) is 5.92 Å². The topological polar surface area (TPSA) is 103 Å². The van der Waals surface area contributed by atoms with Gasteiger partial charge in [0.05, 0.1) is 6.04 Å². The molecule has 0 saturated heterocycles. The van der Waals surface area contributed by atoms with E-state index in [9.17, 15) is 0 Å². The Morgan fingerprint density at radius 2 is 1.58 bits per heavy atom. The lowest BCUT2D eigenvalue weighted by Gasteiger charge is -2.26. The fourth-order valence-corrected chi connectivity index (χ4v) is 2.61. The Morgan fingerprint density at radius 1 is 0.947 bits per heavy atom. The highest BCUT2D eigenvalue weighted by atomic mass is 15.1. The molecule has 1 aromatic rings. The Hall–Kier alpha value is -2.04. The van der Waals surface area contributed by atoms with Crippen molar-refractivity contribution in [3.05, 3.63) is 35.9 Å². The van der Waals surface area contributed by atoms with Gasteiger partial charge in [0.15, 0.2) is 5.96 Å². The smallest absolute Gasteiger partial charge is 0.218 e. The molecule has 1 aliphatic rings. The highest BCUT2D eigenvalue weighted by molar-refractivity contribution is 5.92. The van der Waals surface area contributed by atoms with Crippen molar-refractivity contribution >= 4 is 11.9 Å². The van der Waals surface area contributed by atoms with Crippen LogP contribution in [0.3, 0.4) is 0 Å². The summed E-state index contributed by atoms with van der Waals surface area (Å²) in [5, 5.41) is 0. The molecule has 0 radical (unpaired) electrons. The molecule has 0 amide bonds. The van der Waals surface area contributed by atoms with Gasteiger partial charge in [0, 0.05) is 0 Å². The van der Waals surface area contributed by atoms with Gasteiger partial charge >= 0.3 is 0 Å². The third kappa shape index (κ3) is 3.98. The maximum Gasteiger partial charge on any atom is 0.218 e. The van der Waals surface area contributed by atoms with E-state index >= 15 is 0 Å². The summed E-state index contributed by atoms with van der Waals surface area (Å²) in [4.78, 5) is 8.10. The third-order valence-electron chi connectivity index (χ3n) is 3.53. The summed E-state index contributed by atoms with van der Waals surface area (Å²) >= 11 is 0. The number of aliphatic imine (C=N–C) groups is 2. The van der Waals surface area contributed by atoms with E-state index in [1.165, 1.54) is 5.56 Å². The number of nitrogens with two attached hydrogens (primary N) is 3. The minimum atomic E-state index is -0.0424. The molecule has 0 spiro atoms. The standard InChI is InChI=1S/C14H21N5/c15-13(16)19-14(17)18-12-8-6-11(7-9-12)10-4-2-1-3-5-10/h1-5,11-12H,6-9H2,(H6,15,16,17,18,19). The first kappa shape index (κ1) is 13.4. The fraction of sp³-hybridized carbons (Fsp3) is 0.429. The highest BCUT2D eigenvalue weighted by Gasteiger charge is 2.21. The van der Waals surface area contributed by atoms with Crippen LogP contribution in [0.4, 0.5) is 0 Å². The lowest BCUT2D eigenvalue weighted by atomic mass is 9.82. The molecular weight excluding hydrogens is 238 g/mol. The van der Waals surface area contributed by atoms with Crippen LogP contribution in [0.15, 0.2) is 40.3 Å². The second-order valence-electron chi connectivity index (χ2n) is 4.94. The second-order valence-corrected chi connectivity index (χ2v) is 4.94. The molecule has 1 aromatic carbocycles. The third-order valence-corrected chi connectivity index (χ3v) is 3.53. The second kappa shape index (κ2) is 6.22. The van der Waals surface area contributed by atoms with Crippen molar-refractivity contribution in [1.82, 2.24) is 0 Å². The molecule has 0 aromatic heterocycles. The zero-order chi connectivity index (χ0) is 13.7. The van der Waals surface area contributed by atoms with Crippen LogP contribution in [0.2, 0.25) is 0 Å². The first-order valence-corrected chi connectivity index (χ1v) is 6.63. The van der Waals surface area contributed by atoms with Crippen molar-refractivity contribution in [2.24, 2.45) is 27.2 Å². The molecule has 0 atom stereocenters. The minimum absolute atomic E-state index is 0.0424. The molecular formula is C14H21N5. The monoisotopic (exact) mass is 259 g/mol. The summed E-state index contributed by atoms with van der Waals surface area (Å²) in [5.74, 6) is 0.777. The zero-order valence-corrected chi connectivity index (χ0v) is 11.0. The number of rotatable bonds is 2. The van der Waals surface area contributed by atoms with E-state index in [2.05, 4.69) is 40.3 Å². The number of guanidine groups is 2. The SMILES string of the molecule is NC(N)=NC(N)=NC1CCC(c2ccccc2)CC1. The number of hydrogen-bond donors (Lipinski definition) is 3. The van der Waals surface area contributed by atoms with E-state index in [0.717, 1.165) is 25.7 Å². The Balaban J connectivity index is 1.91. The first-order valence-electron chi connectivity index (χ1n) is 6.63. The van der Waals surface area contributed by atoms with Crippen molar-refractivity contribution in [2.75, 3.05) is 0 Å². The van der Waals surface area contributed by atoms with Gasteiger partial charge in [-0.25, -0.2) is 4.99 Å². The maximum atomic E-state index is 5.65. The molecule has 1 saturated carbocycles. The van der Waals surface area contributed by atoms with Gasteiger partial charge in [-0.05, 0) is 37.2 Å². The lowest BCUT2D eigenvalue weighted by molar-refractivity contribution is 0.397. The van der Waals surface area contributed by atoms with E-state index < -0.39 is 0 Å². The molecule has 0 bridgehead atoms. The van der Waals surface area contributed by atoms with Crippen molar-refractivity contribution in [1.29, 1.82) is 0 Å². The lowest BCUT2D eigenvalue weighted by Crippen LogP contribution is -2.27. The summed E-state index contributed by atoms with van der Waals surface area (Å²) in [5.41, 5.74) is 17.6. The van der Waals surface area contributed by atoms with Crippen LogP contribution in [0.5, 0.6) is 0 Å². The van der Waals surface area contributed by atoms with Crippen molar-refractivity contribution in [3.8, 4) is 0 Å². The molecule has 0 unspecified atom stereocenters. The molecule has 19 heavy (non-hydrogen) atoms. The van der Waals surface area contributed by atoms with Crippen LogP contribution in [0, 0.1) is 0 Å². The van der Waals surface area contributed by atoms with Gasteiger partial charge in [0.1, 0.15) is 0 Å². The van der Waals surface area contributed by atoms with Crippen molar-refractivity contribution in [3.63, 3.8) is 0 Å². The Kier molecular flexibility index (Phi) is 4.39. The molecule has 6 N–H and O–H groups in total. The molecule has 1 aliphatic carbocycles. The predicted molar refractivity (Wildman–Crippen MR) is 78.9 cm³/mol. The molecule has 0 aliphatic heterocycles. The summed E-state index contributed by atoms with van der Waals surface area (Å²) in [7, 11) is 0. The van der Waals surface area contributed by atoms with Crippen LogP contribution < -0.4 is 17.2 Å². The molecule has 2 rings (SSSR count). The Labute approximate surface area is 113 Å².